The summed E-state index contributed by atoms with van der Waals surface area (Å²) in [4.78, 5) is 34.6. The van der Waals surface area contributed by atoms with Gasteiger partial charge in [-0.1, -0.05) is 35.9 Å². The third kappa shape index (κ3) is 6.99. The second-order valence-corrected chi connectivity index (χ2v) is 6.41. The average Bonchev–Trinajstić information content (AvgIpc) is 2.60. The van der Waals surface area contributed by atoms with E-state index < -0.39 is 12.1 Å². The molecule has 0 aliphatic heterocycles. The topological polar surface area (TPSA) is 113 Å². The first-order valence-electron chi connectivity index (χ1n) is 8.28. The zero-order valence-corrected chi connectivity index (χ0v) is 15.5. The number of rotatable bonds is 7. The predicted molar refractivity (Wildman–Crippen MR) is 104 cm³/mol. The minimum absolute atomic E-state index is 0.0997. The van der Waals surface area contributed by atoms with Crippen LogP contribution in [0.1, 0.15) is 30.5 Å². The Hall–Kier alpha value is -3.06. The number of carbonyl (C=O) groups is 3. The minimum atomic E-state index is -0.637. The van der Waals surface area contributed by atoms with Crippen LogP contribution in [0.5, 0.6) is 0 Å². The molecule has 1 atom stereocenters. The Morgan fingerprint density at radius 1 is 1.04 bits per heavy atom. The highest BCUT2D eigenvalue weighted by molar-refractivity contribution is 6.30. The van der Waals surface area contributed by atoms with Crippen molar-refractivity contribution >= 4 is 35.1 Å². The third-order valence-electron chi connectivity index (χ3n) is 3.75. The molecule has 0 spiro atoms. The summed E-state index contributed by atoms with van der Waals surface area (Å²) in [5, 5.41) is 8.64. The molecule has 0 saturated carbocycles. The van der Waals surface area contributed by atoms with Crippen LogP contribution in [0.4, 0.5) is 10.5 Å². The van der Waals surface area contributed by atoms with Crippen LogP contribution in [0.3, 0.4) is 0 Å². The summed E-state index contributed by atoms with van der Waals surface area (Å²) in [6, 6.07) is 12.8. The van der Waals surface area contributed by atoms with Gasteiger partial charge in [0.25, 0.3) is 0 Å². The molecule has 0 aliphatic carbocycles. The van der Waals surface area contributed by atoms with E-state index in [1.807, 2.05) is 0 Å². The zero-order chi connectivity index (χ0) is 19.8. The van der Waals surface area contributed by atoms with E-state index in [2.05, 4.69) is 16.0 Å². The van der Waals surface area contributed by atoms with Crippen LogP contribution < -0.4 is 21.7 Å². The summed E-state index contributed by atoms with van der Waals surface area (Å²) in [5.74, 6) is -0.427. The molecule has 2 rings (SSSR count). The molecule has 142 valence electrons. The van der Waals surface area contributed by atoms with Crippen LogP contribution in [0.15, 0.2) is 48.5 Å². The van der Waals surface area contributed by atoms with Gasteiger partial charge >= 0.3 is 6.03 Å². The molecule has 0 heterocycles. The van der Waals surface area contributed by atoms with Gasteiger partial charge in [-0.2, -0.15) is 0 Å². The lowest BCUT2D eigenvalue weighted by Crippen LogP contribution is -2.32. The number of urea groups is 1. The zero-order valence-electron chi connectivity index (χ0n) is 14.8. The van der Waals surface area contributed by atoms with Gasteiger partial charge in [-0.3, -0.25) is 9.59 Å². The Bertz CT molecular complexity index is 807. The van der Waals surface area contributed by atoms with Crippen molar-refractivity contribution in [3.05, 3.63) is 64.7 Å². The fourth-order valence-corrected chi connectivity index (χ4v) is 2.63. The molecule has 4 amide bonds. The smallest absolute Gasteiger partial charge is 0.316 e. The first-order chi connectivity index (χ1) is 12.8. The quantitative estimate of drug-likeness (QED) is 0.584. The molecule has 2 aromatic rings. The predicted octanol–water partition coefficient (Wildman–Crippen LogP) is 2.71. The molecule has 0 aromatic heterocycles. The number of amides is 4. The molecule has 5 N–H and O–H groups in total. The Morgan fingerprint density at radius 2 is 1.67 bits per heavy atom. The van der Waals surface area contributed by atoms with Crippen LogP contribution in [-0.2, 0) is 16.1 Å². The molecular formula is C19H21ClN4O3. The van der Waals surface area contributed by atoms with E-state index in [0.29, 0.717) is 17.3 Å². The molecule has 2 aromatic carbocycles. The van der Waals surface area contributed by atoms with Gasteiger partial charge in [0, 0.05) is 24.2 Å². The number of carbonyl (C=O) groups excluding carboxylic acids is 3. The lowest BCUT2D eigenvalue weighted by atomic mass is 10.0. The second kappa shape index (κ2) is 9.59. The fraction of sp³-hybridized carbons (Fsp3) is 0.211. The first kappa shape index (κ1) is 20.3. The fourth-order valence-electron chi connectivity index (χ4n) is 2.50. The van der Waals surface area contributed by atoms with E-state index in [1.165, 1.54) is 6.92 Å². The first-order valence-corrected chi connectivity index (χ1v) is 8.66. The highest BCUT2D eigenvalue weighted by atomic mass is 35.5. The van der Waals surface area contributed by atoms with Crippen molar-refractivity contribution < 1.29 is 14.4 Å². The van der Waals surface area contributed by atoms with Crippen molar-refractivity contribution in [1.29, 1.82) is 0 Å². The Morgan fingerprint density at radius 3 is 2.22 bits per heavy atom. The van der Waals surface area contributed by atoms with Gasteiger partial charge in [-0.15, -0.1) is 0 Å². The lowest BCUT2D eigenvalue weighted by Gasteiger charge is -2.18. The molecule has 27 heavy (non-hydrogen) atoms. The molecule has 0 unspecified atom stereocenters. The highest BCUT2D eigenvalue weighted by Gasteiger charge is 2.17. The Labute approximate surface area is 162 Å². The van der Waals surface area contributed by atoms with Gasteiger partial charge in [0.1, 0.15) is 0 Å². The van der Waals surface area contributed by atoms with Crippen molar-refractivity contribution in [2.45, 2.75) is 25.9 Å². The summed E-state index contributed by atoms with van der Waals surface area (Å²) >= 11 is 5.89. The van der Waals surface area contributed by atoms with Gasteiger partial charge in [-0.25, -0.2) is 4.79 Å². The van der Waals surface area contributed by atoms with E-state index in [4.69, 9.17) is 17.3 Å². The number of hydrogen-bond acceptors (Lipinski definition) is 3. The largest absolute Gasteiger partial charge is 0.352 e. The van der Waals surface area contributed by atoms with Crippen LogP contribution >= 0.6 is 11.6 Å². The van der Waals surface area contributed by atoms with Gasteiger partial charge in [0.15, 0.2) is 0 Å². The van der Waals surface area contributed by atoms with Gasteiger partial charge in [-0.05, 0) is 35.4 Å². The maximum atomic E-state index is 12.3. The monoisotopic (exact) mass is 388 g/mol. The maximum absolute atomic E-state index is 12.3. The molecule has 0 bridgehead atoms. The van der Waals surface area contributed by atoms with Crippen molar-refractivity contribution in [2.24, 2.45) is 5.73 Å². The Kier molecular flexibility index (Phi) is 7.19. The van der Waals surface area contributed by atoms with Crippen molar-refractivity contribution in [2.75, 3.05) is 5.32 Å². The number of anilines is 1. The van der Waals surface area contributed by atoms with E-state index in [-0.39, 0.29) is 18.2 Å². The number of nitrogens with two attached hydrogens (primary N) is 1. The molecule has 0 fully saturated rings. The number of benzene rings is 2. The summed E-state index contributed by atoms with van der Waals surface area (Å²) in [6.07, 6.45) is 0.0997. The van der Waals surface area contributed by atoms with Crippen LogP contribution in [0.2, 0.25) is 5.02 Å². The van der Waals surface area contributed by atoms with Crippen molar-refractivity contribution in [3.8, 4) is 0 Å². The summed E-state index contributed by atoms with van der Waals surface area (Å²) in [5.41, 5.74) is 7.29. The molecule has 8 heteroatoms. The van der Waals surface area contributed by atoms with Crippen LogP contribution in [-0.4, -0.2) is 17.8 Å². The molecule has 0 aliphatic rings. The summed E-state index contributed by atoms with van der Waals surface area (Å²) < 4.78 is 0. The summed E-state index contributed by atoms with van der Waals surface area (Å²) in [7, 11) is 0. The number of primary amides is 1. The third-order valence-corrected chi connectivity index (χ3v) is 4.00. The standard InChI is InChI=1S/C19H21ClN4O3/c1-12(25)23-17(14-4-6-15(20)7-5-14)10-18(26)22-11-13-2-8-16(9-3-13)24-19(21)27/h2-9,17H,10-11H2,1H3,(H,22,26)(H,23,25)(H3,21,24,27)/t17-/m1/s1. The SMILES string of the molecule is CC(=O)N[C@H](CC(=O)NCc1ccc(NC(N)=O)cc1)c1ccc(Cl)cc1. The normalized spacial score (nSPS) is 11.3. The van der Waals surface area contributed by atoms with E-state index >= 15 is 0 Å². The summed E-state index contributed by atoms with van der Waals surface area (Å²) in [6.45, 7) is 1.73. The molecule has 0 radical (unpaired) electrons. The lowest BCUT2D eigenvalue weighted by molar-refractivity contribution is -0.122. The van der Waals surface area contributed by atoms with E-state index in [1.54, 1.807) is 48.5 Å². The average molecular weight is 389 g/mol. The molecule has 7 nitrogen and oxygen atoms in total. The molecule has 0 saturated heterocycles. The maximum Gasteiger partial charge on any atom is 0.316 e. The number of nitrogens with one attached hydrogen (secondary N) is 3. The Balaban J connectivity index is 1.94. The second-order valence-electron chi connectivity index (χ2n) is 5.97. The van der Waals surface area contributed by atoms with Gasteiger partial charge in [0.2, 0.25) is 11.8 Å². The van der Waals surface area contributed by atoms with Crippen molar-refractivity contribution in [3.63, 3.8) is 0 Å². The number of halogens is 1. The highest BCUT2D eigenvalue weighted by Crippen LogP contribution is 2.19. The van der Waals surface area contributed by atoms with E-state index in [0.717, 1.165) is 11.1 Å². The van der Waals surface area contributed by atoms with Crippen molar-refractivity contribution in [1.82, 2.24) is 10.6 Å². The molecular weight excluding hydrogens is 368 g/mol. The van der Waals surface area contributed by atoms with E-state index in [9.17, 15) is 14.4 Å². The van der Waals surface area contributed by atoms with Gasteiger partial charge in [0.05, 0.1) is 12.5 Å². The minimum Gasteiger partial charge on any atom is -0.352 e. The number of hydrogen-bond donors (Lipinski definition) is 4. The van der Waals surface area contributed by atoms with Crippen LogP contribution in [0, 0.1) is 0 Å². The van der Waals surface area contributed by atoms with Crippen LogP contribution in [0.25, 0.3) is 0 Å². The van der Waals surface area contributed by atoms with Gasteiger partial charge < -0.3 is 21.7 Å².